The molecular weight excluding hydrogens is 154 g/mol. The van der Waals surface area contributed by atoms with E-state index in [9.17, 15) is 0 Å². The van der Waals surface area contributed by atoms with Gasteiger partial charge >= 0.3 is 0 Å². The Kier molecular flexibility index (Phi) is 2.88. The predicted molar refractivity (Wildman–Crippen MR) is 52.6 cm³/mol. The molecule has 0 saturated heterocycles. The summed E-state index contributed by atoms with van der Waals surface area (Å²) in [5, 5.41) is 0. The molecule has 2 N–H and O–H groups in total. The summed E-state index contributed by atoms with van der Waals surface area (Å²) >= 11 is 5.10. The van der Waals surface area contributed by atoms with E-state index >= 15 is 0 Å². The van der Waals surface area contributed by atoms with Crippen LogP contribution in [0.4, 0.5) is 0 Å². The maximum absolute atomic E-state index is 5.74. The minimum absolute atomic E-state index is 0.230. The third-order valence-corrected chi connectivity index (χ3v) is 3.44. The highest BCUT2D eigenvalue weighted by Gasteiger charge is 2.32. The van der Waals surface area contributed by atoms with Crippen LogP contribution in [0.1, 0.15) is 45.4 Å². The molecular formula is C9H17NS. The highest BCUT2D eigenvalue weighted by molar-refractivity contribution is 7.80. The minimum Gasteiger partial charge on any atom is -0.393 e. The second-order valence-corrected chi connectivity index (χ2v) is 4.00. The molecule has 11 heavy (non-hydrogen) atoms. The van der Waals surface area contributed by atoms with E-state index < -0.39 is 0 Å². The Morgan fingerprint density at radius 1 is 1.36 bits per heavy atom. The van der Waals surface area contributed by atoms with Gasteiger partial charge in [0, 0.05) is 5.41 Å². The third-order valence-electron chi connectivity index (χ3n) is 3.01. The summed E-state index contributed by atoms with van der Waals surface area (Å²) in [6.07, 6.45) is 7.56. The maximum atomic E-state index is 5.74. The summed E-state index contributed by atoms with van der Waals surface area (Å²) in [4.78, 5) is 0.750. The molecule has 0 amide bonds. The SMILES string of the molecule is CCC1(C(N)=S)CCCCC1. The molecule has 2 heteroatoms. The molecule has 0 aliphatic heterocycles. The van der Waals surface area contributed by atoms with Crippen LogP contribution in [0, 0.1) is 5.41 Å². The van der Waals surface area contributed by atoms with E-state index in [1.54, 1.807) is 0 Å². The van der Waals surface area contributed by atoms with Gasteiger partial charge in [0.15, 0.2) is 0 Å². The lowest BCUT2D eigenvalue weighted by Gasteiger charge is -2.35. The fourth-order valence-electron chi connectivity index (χ4n) is 2.00. The standard InChI is InChI=1S/C9H17NS/c1-2-9(8(10)11)6-4-3-5-7-9/h2-7H2,1H3,(H2,10,11). The summed E-state index contributed by atoms with van der Waals surface area (Å²) in [6, 6.07) is 0. The summed E-state index contributed by atoms with van der Waals surface area (Å²) in [6.45, 7) is 2.20. The molecule has 1 aliphatic carbocycles. The lowest BCUT2D eigenvalue weighted by molar-refractivity contribution is 0.277. The zero-order valence-electron chi connectivity index (χ0n) is 7.23. The summed E-state index contributed by atoms with van der Waals surface area (Å²) in [5.41, 5.74) is 5.97. The molecule has 0 radical (unpaired) electrons. The first-order valence-electron chi connectivity index (χ1n) is 4.51. The summed E-state index contributed by atoms with van der Waals surface area (Å²) in [5.74, 6) is 0. The molecule has 64 valence electrons. The van der Waals surface area contributed by atoms with Gasteiger partial charge in [-0.05, 0) is 19.3 Å². The van der Waals surface area contributed by atoms with Crippen molar-refractivity contribution < 1.29 is 0 Å². The molecule has 1 saturated carbocycles. The van der Waals surface area contributed by atoms with Crippen molar-refractivity contribution in [3.05, 3.63) is 0 Å². The predicted octanol–water partition coefficient (Wildman–Crippen LogP) is 2.63. The molecule has 0 unspecified atom stereocenters. The molecule has 0 atom stereocenters. The Bertz CT molecular complexity index is 148. The van der Waals surface area contributed by atoms with Gasteiger partial charge in [-0.15, -0.1) is 0 Å². The van der Waals surface area contributed by atoms with Crippen molar-refractivity contribution >= 4 is 17.2 Å². The molecule has 0 spiro atoms. The van der Waals surface area contributed by atoms with Gasteiger partial charge in [-0.1, -0.05) is 38.4 Å². The first-order chi connectivity index (χ1) is 5.21. The summed E-state index contributed by atoms with van der Waals surface area (Å²) < 4.78 is 0. The van der Waals surface area contributed by atoms with Gasteiger partial charge in [0.1, 0.15) is 0 Å². The van der Waals surface area contributed by atoms with Crippen molar-refractivity contribution in [1.29, 1.82) is 0 Å². The van der Waals surface area contributed by atoms with Crippen molar-refractivity contribution in [2.75, 3.05) is 0 Å². The maximum Gasteiger partial charge on any atom is 0.0789 e. The zero-order valence-corrected chi connectivity index (χ0v) is 8.04. The second kappa shape index (κ2) is 3.53. The highest BCUT2D eigenvalue weighted by Crippen LogP contribution is 2.39. The molecule has 0 aromatic rings. The van der Waals surface area contributed by atoms with E-state index in [0.717, 1.165) is 11.4 Å². The first kappa shape index (κ1) is 8.98. The number of thiocarbonyl (C=S) groups is 1. The fraction of sp³-hybridized carbons (Fsp3) is 0.889. The van der Waals surface area contributed by atoms with Gasteiger partial charge in [0.25, 0.3) is 0 Å². The van der Waals surface area contributed by atoms with Gasteiger partial charge < -0.3 is 5.73 Å². The van der Waals surface area contributed by atoms with E-state index in [4.69, 9.17) is 18.0 Å². The van der Waals surface area contributed by atoms with E-state index in [1.165, 1.54) is 32.1 Å². The monoisotopic (exact) mass is 171 g/mol. The van der Waals surface area contributed by atoms with Crippen molar-refractivity contribution in [3.8, 4) is 0 Å². The van der Waals surface area contributed by atoms with Crippen molar-refractivity contribution in [2.24, 2.45) is 11.1 Å². The average Bonchev–Trinajstić information content (AvgIpc) is 2.05. The van der Waals surface area contributed by atoms with Crippen molar-refractivity contribution in [3.63, 3.8) is 0 Å². The number of nitrogens with two attached hydrogens (primary N) is 1. The van der Waals surface area contributed by atoms with Crippen molar-refractivity contribution in [1.82, 2.24) is 0 Å². The molecule has 1 fully saturated rings. The van der Waals surface area contributed by atoms with Crippen molar-refractivity contribution in [2.45, 2.75) is 45.4 Å². The van der Waals surface area contributed by atoms with E-state index in [0.29, 0.717) is 0 Å². The smallest absolute Gasteiger partial charge is 0.0789 e. The average molecular weight is 171 g/mol. The second-order valence-electron chi connectivity index (χ2n) is 3.56. The van der Waals surface area contributed by atoms with Crippen LogP contribution in [0.25, 0.3) is 0 Å². The molecule has 0 aromatic carbocycles. The fourth-order valence-corrected chi connectivity index (χ4v) is 2.35. The van der Waals surface area contributed by atoms with Crippen LogP contribution in [0.3, 0.4) is 0 Å². The Balaban J connectivity index is 2.64. The van der Waals surface area contributed by atoms with E-state index in [-0.39, 0.29) is 5.41 Å². The van der Waals surface area contributed by atoms with Crippen LogP contribution in [0.5, 0.6) is 0 Å². The molecule has 1 rings (SSSR count). The van der Waals surface area contributed by atoms with E-state index in [2.05, 4.69) is 6.92 Å². The summed E-state index contributed by atoms with van der Waals surface area (Å²) in [7, 11) is 0. The van der Waals surface area contributed by atoms with Crippen LogP contribution in [-0.4, -0.2) is 4.99 Å². The van der Waals surface area contributed by atoms with Crippen LogP contribution in [-0.2, 0) is 0 Å². The first-order valence-corrected chi connectivity index (χ1v) is 4.92. The Morgan fingerprint density at radius 2 is 1.91 bits per heavy atom. The van der Waals surface area contributed by atoms with Gasteiger partial charge in [-0.2, -0.15) is 0 Å². The van der Waals surface area contributed by atoms with Gasteiger partial charge in [0.05, 0.1) is 4.99 Å². The van der Waals surface area contributed by atoms with Crippen LogP contribution in [0.15, 0.2) is 0 Å². The molecule has 0 heterocycles. The molecule has 0 bridgehead atoms. The number of hydrogen-bond donors (Lipinski definition) is 1. The zero-order chi connectivity index (χ0) is 8.32. The van der Waals surface area contributed by atoms with Crippen LogP contribution < -0.4 is 5.73 Å². The Hall–Kier alpha value is -0.110. The third kappa shape index (κ3) is 1.73. The van der Waals surface area contributed by atoms with Crippen LogP contribution >= 0.6 is 12.2 Å². The Labute approximate surface area is 74.4 Å². The largest absolute Gasteiger partial charge is 0.393 e. The topological polar surface area (TPSA) is 26.0 Å². The highest BCUT2D eigenvalue weighted by atomic mass is 32.1. The Morgan fingerprint density at radius 3 is 2.18 bits per heavy atom. The normalized spacial score (nSPS) is 23.0. The molecule has 0 aromatic heterocycles. The molecule has 1 aliphatic rings. The lowest BCUT2D eigenvalue weighted by atomic mass is 9.72. The van der Waals surface area contributed by atoms with Gasteiger partial charge in [-0.25, -0.2) is 0 Å². The quantitative estimate of drug-likeness (QED) is 0.646. The number of hydrogen-bond acceptors (Lipinski definition) is 1. The minimum atomic E-state index is 0.230. The van der Waals surface area contributed by atoms with Crippen LogP contribution in [0.2, 0.25) is 0 Å². The van der Waals surface area contributed by atoms with E-state index in [1.807, 2.05) is 0 Å². The molecule has 1 nitrogen and oxygen atoms in total. The lowest BCUT2D eigenvalue weighted by Crippen LogP contribution is -2.36. The van der Waals surface area contributed by atoms with Gasteiger partial charge in [-0.3, -0.25) is 0 Å². The van der Waals surface area contributed by atoms with Gasteiger partial charge in [0.2, 0.25) is 0 Å². The number of rotatable bonds is 2.